The van der Waals surface area contributed by atoms with Gasteiger partial charge >= 0.3 is 0 Å². The van der Waals surface area contributed by atoms with Crippen LogP contribution in [0.3, 0.4) is 0 Å². The lowest BCUT2D eigenvalue weighted by Crippen LogP contribution is -2.48. The molecule has 1 aromatic heterocycles. The Kier molecular flexibility index (Phi) is 5.96. The smallest absolute Gasteiger partial charge is 0.238 e. The average Bonchev–Trinajstić information content (AvgIpc) is 2.60. The summed E-state index contributed by atoms with van der Waals surface area (Å²) in [5, 5.41) is 2.94. The van der Waals surface area contributed by atoms with E-state index >= 15 is 0 Å². The number of hydrogen-bond donors (Lipinski definition) is 1. The Bertz CT molecular complexity index is 654. The summed E-state index contributed by atoms with van der Waals surface area (Å²) < 4.78 is 1.00. The van der Waals surface area contributed by atoms with Crippen molar-refractivity contribution in [2.24, 2.45) is 0 Å². The van der Waals surface area contributed by atoms with Crippen molar-refractivity contribution < 1.29 is 4.79 Å². The first-order valence-electron chi connectivity index (χ1n) is 8.08. The standard InChI is InChI=1S/C18H21BrN4O/c19-16-3-5-17(6-4-16)21-18(24)14-23-10-8-22(9-11-23)13-15-2-1-7-20-12-15/h1-7,12H,8-11,13-14H2,(H,21,24). The van der Waals surface area contributed by atoms with E-state index in [1.54, 1.807) is 6.20 Å². The number of piperazine rings is 1. The molecule has 0 atom stereocenters. The fourth-order valence-corrected chi connectivity index (χ4v) is 3.06. The first-order chi connectivity index (χ1) is 11.7. The minimum absolute atomic E-state index is 0.0398. The maximum absolute atomic E-state index is 12.2. The van der Waals surface area contributed by atoms with Gasteiger partial charge in [-0.3, -0.25) is 19.6 Å². The lowest BCUT2D eigenvalue weighted by Gasteiger charge is -2.34. The number of nitrogens with one attached hydrogen (secondary N) is 1. The fraction of sp³-hybridized carbons (Fsp3) is 0.333. The quantitative estimate of drug-likeness (QED) is 0.854. The summed E-state index contributed by atoms with van der Waals surface area (Å²) in [6.07, 6.45) is 3.71. The van der Waals surface area contributed by atoms with Gasteiger partial charge < -0.3 is 5.32 Å². The van der Waals surface area contributed by atoms with Crippen LogP contribution in [0.2, 0.25) is 0 Å². The second-order valence-electron chi connectivity index (χ2n) is 5.97. The molecule has 126 valence electrons. The normalized spacial score (nSPS) is 16.0. The summed E-state index contributed by atoms with van der Waals surface area (Å²) in [7, 11) is 0. The Morgan fingerprint density at radius 1 is 1.08 bits per heavy atom. The molecule has 1 saturated heterocycles. The van der Waals surface area contributed by atoms with E-state index in [-0.39, 0.29) is 5.91 Å². The molecule has 1 fully saturated rings. The number of aromatic nitrogens is 1. The van der Waals surface area contributed by atoms with Gasteiger partial charge in [0, 0.05) is 55.3 Å². The van der Waals surface area contributed by atoms with Gasteiger partial charge in [-0.15, -0.1) is 0 Å². The van der Waals surface area contributed by atoms with Crippen molar-refractivity contribution in [2.75, 3.05) is 38.0 Å². The Labute approximate surface area is 150 Å². The molecule has 1 aliphatic rings. The van der Waals surface area contributed by atoms with Crippen LogP contribution in [0.5, 0.6) is 0 Å². The van der Waals surface area contributed by atoms with E-state index in [0.717, 1.165) is 42.9 Å². The molecule has 5 nitrogen and oxygen atoms in total. The summed E-state index contributed by atoms with van der Waals surface area (Å²) >= 11 is 3.39. The molecule has 2 aromatic rings. The maximum Gasteiger partial charge on any atom is 0.238 e. The largest absolute Gasteiger partial charge is 0.325 e. The van der Waals surface area contributed by atoms with E-state index in [1.165, 1.54) is 5.56 Å². The SMILES string of the molecule is O=C(CN1CCN(Cc2cccnc2)CC1)Nc1ccc(Br)cc1. The maximum atomic E-state index is 12.2. The molecule has 0 bridgehead atoms. The highest BCUT2D eigenvalue weighted by molar-refractivity contribution is 9.10. The molecule has 6 heteroatoms. The van der Waals surface area contributed by atoms with E-state index in [4.69, 9.17) is 0 Å². The zero-order chi connectivity index (χ0) is 16.8. The van der Waals surface area contributed by atoms with Crippen molar-refractivity contribution in [3.63, 3.8) is 0 Å². The van der Waals surface area contributed by atoms with Gasteiger partial charge in [-0.25, -0.2) is 0 Å². The third-order valence-electron chi connectivity index (χ3n) is 4.09. The molecule has 1 N–H and O–H groups in total. The van der Waals surface area contributed by atoms with Crippen molar-refractivity contribution in [2.45, 2.75) is 6.54 Å². The van der Waals surface area contributed by atoms with Crippen LogP contribution in [0, 0.1) is 0 Å². The number of rotatable bonds is 5. The van der Waals surface area contributed by atoms with Crippen molar-refractivity contribution in [3.8, 4) is 0 Å². The third kappa shape index (κ3) is 5.12. The number of hydrogen-bond acceptors (Lipinski definition) is 4. The summed E-state index contributed by atoms with van der Waals surface area (Å²) in [6.45, 7) is 5.13. The van der Waals surface area contributed by atoms with Crippen LogP contribution in [0.25, 0.3) is 0 Å². The van der Waals surface area contributed by atoms with Gasteiger partial charge in [-0.1, -0.05) is 22.0 Å². The van der Waals surface area contributed by atoms with Gasteiger partial charge in [0.2, 0.25) is 5.91 Å². The number of anilines is 1. The van der Waals surface area contributed by atoms with Gasteiger partial charge in [0.1, 0.15) is 0 Å². The van der Waals surface area contributed by atoms with Crippen LogP contribution in [-0.2, 0) is 11.3 Å². The van der Waals surface area contributed by atoms with Crippen LogP contribution < -0.4 is 5.32 Å². The van der Waals surface area contributed by atoms with E-state index in [2.05, 4.69) is 42.1 Å². The van der Waals surface area contributed by atoms with E-state index in [9.17, 15) is 4.79 Å². The van der Waals surface area contributed by atoms with Crippen LogP contribution >= 0.6 is 15.9 Å². The second kappa shape index (κ2) is 8.37. The van der Waals surface area contributed by atoms with Crippen LogP contribution in [0.1, 0.15) is 5.56 Å². The highest BCUT2D eigenvalue weighted by Gasteiger charge is 2.19. The van der Waals surface area contributed by atoms with Gasteiger partial charge in [-0.2, -0.15) is 0 Å². The highest BCUT2D eigenvalue weighted by atomic mass is 79.9. The number of carbonyl (C=O) groups excluding carboxylic acids is 1. The minimum Gasteiger partial charge on any atom is -0.325 e. The van der Waals surface area contributed by atoms with E-state index in [0.29, 0.717) is 6.54 Å². The number of pyridine rings is 1. The number of nitrogens with zero attached hydrogens (tertiary/aromatic N) is 3. The minimum atomic E-state index is 0.0398. The lowest BCUT2D eigenvalue weighted by atomic mass is 10.2. The zero-order valence-corrected chi connectivity index (χ0v) is 15.1. The molecule has 0 spiro atoms. The van der Waals surface area contributed by atoms with E-state index < -0.39 is 0 Å². The summed E-state index contributed by atoms with van der Waals surface area (Å²) in [6, 6.07) is 11.7. The second-order valence-corrected chi connectivity index (χ2v) is 6.88. The first-order valence-corrected chi connectivity index (χ1v) is 8.87. The molecular formula is C18H21BrN4O. The zero-order valence-electron chi connectivity index (χ0n) is 13.5. The van der Waals surface area contributed by atoms with Crippen molar-refractivity contribution >= 4 is 27.5 Å². The van der Waals surface area contributed by atoms with Crippen molar-refractivity contribution in [3.05, 3.63) is 58.8 Å². The summed E-state index contributed by atoms with van der Waals surface area (Å²) in [4.78, 5) is 20.9. The molecule has 3 rings (SSSR count). The van der Waals surface area contributed by atoms with Gasteiger partial charge in [0.05, 0.1) is 6.54 Å². The molecule has 24 heavy (non-hydrogen) atoms. The van der Waals surface area contributed by atoms with Crippen LogP contribution in [0.4, 0.5) is 5.69 Å². The Morgan fingerprint density at radius 2 is 1.79 bits per heavy atom. The first kappa shape index (κ1) is 17.1. The molecule has 0 radical (unpaired) electrons. The summed E-state index contributed by atoms with van der Waals surface area (Å²) in [5.41, 5.74) is 2.07. The summed E-state index contributed by atoms with van der Waals surface area (Å²) in [5.74, 6) is 0.0398. The average molecular weight is 389 g/mol. The van der Waals surface area contributed by atoms with Gasteiger partial charge in [0.15, 0.2) is 0 Å². The Morgan fingerprint density at radius 3 is 2.46 bits per heavy atom. The van der Waals surface area contributed by atoms with Crippen molar-refractivity contribution in [1.29, 1.82) is 0 Å². The molecule has 0 saturated carbocycles. The van der Waals surface area contributed by atoms with Crippen LogP contribution in [0.15, 0.2) is 53.3 Å². The monoisotopic (exact) mass is 388 g/mol. The molecular weight excluding hydrogens is 368 g/mol. The highest BCUT2D eigenvalue weighted by Crippen LogP contribution is 2.14. The molecule has 0 aliphatic carbocycles. The predicted octanol–water partition coefficient (Wildman–Crippen LogP) is 2.60. The number of halogens is 1. The Balaban J connectivity index is 1.41. The number of amides is 1. The third-order valence-corrected chi connectivity index (χ3v) is 4.62. The number of benzene rings is 1. The fourth-order valence-electron chi connectivity index (χ4n) is 2.79. The molecule has 0 unspecified atom stereocenters. The van der Waals surface area contributed by atoms with Gasteiger partial charge in [0.25, 0.3) is 0 Å². The van der Waals surface area contributed by atoms with Gasteiger partial charge in [-0.05, 0) is 35.9 Å². The lowest BCUT2D eigenvalue weighted by molar-refractivity contribution is -0.117. The molecule has 1 aromatic carbocycles. The Hall–Kier alpha value is -1.76. The molecule has 1 amide bonds. The topological polar surface area (TPSA) is 48.5 Å². The number of carbonyl (C=O) groups is 1. The molecule has 2 heterocycles. The van der Waals surface area contributed by atoms with Crippen LogP contribution in [-0.4, -0.2) is 53.4 Å². The predicted molar refractivity (Wildman–Crippen MR) is 98.7 cm³/mol. The molecule has 1 aliphatic heterocycles. The van der Waals surface area contributed by atoms with Crippen molar-refractivity contribution in [1.82, 2.24) is 14.8 Å². The van der Waals surface area contributed by atoms with E-state index in [1.807, 2.05) is 36.5 Å².